The largest absolute Gasteiger partial charge is 0.388 e. The predicted molar refractivity (Wildman–Crippen MR) is 94.7 cm³/mol. The van der Waals surface area contributed by atoms with Crippen LogP contribution in [0.15, 0.2) is 48.5 Å². The first-order valence-corrected chi connectivity index (χ1v) is 8.51. The van der Waals surface area contributed by atoms with Gasteiger partial charge in [-0.15, -0.1) is 0 Å². The molecule has 5 nitrogen and oxygen atoms in total. The monoisotopic (exact) mass is 336 g/mol. The fraction of sp³-hybridized carbons (Fsp3) is 0.300. The third-order valence-electron chi connectivity index (χ3n) is 5.28. The number of amides is 1. The van der Waals surface area contributed by atoms with E-state index in [1.54, 1.807) is 12.1 Å². The minimum absolute atomic E-state index is 0.147. The molecule has 25 heavy (non-hydrogen) atoms. The molecule has 0 saturated carbocycles. The van der Waals surface area contributed by atoms with Crippen LogP contribution < -0.4 is 10.2 Å². The van der Waals surface area contributed by atoms with Crippen LogP contribution in [0.2, 0.25) is 0 Å². The number of aliphatic hydroxyl groups is 1. The lowest BCUT2D eigenvalue weighted by Crippen LogP contribution is -2.41. The highest BCUT2D eigenvalue weighted by molar-refractivity contribution is 6.08. The summed E-state index contributed by atoms with van der Waals surface area (Å²) in [5.74, 6) is -0.153. The topological polar surface area (TPSA) is 69.6 Å². The van der Waals surface area contributed by atoms with E-state index in [0.717, 1.165) is 29.8 Å². The molecule has 1 atom stereocenters. The molecule has 0 aliphatic carbocycles. The molecule has 5 heteroatoms. The number of carbonyl (C=O) groups excluding carboxylic acids is 2. The Hall–Kier alpha value is -2.50. The van der Waals surface area contributed by atoms with E-state index in [1.165, 1.54) is 0 Å². The molecule has 1 amide bonds. The van der Waals surface area contributed by atoms with Crippen LogP contribution >= 0.6 is 0 Å². The van der Waals surface area contributed by atoms with Crippen LogP contribution in [0.1, 0.15) is 27.9 Å². The number of nitrogens with zero attached hydrogens (tertiary/aromatic N) is 1. The lowest BCUT2D eigenvalue weighted by molar-refractivity contribution is -0.122. The number of hydrogen-bond acceptors (Lipinski definition) is 4. The van der Waals surface area contributed by atoms with Gasteiger partial charge in [-0.1, -0.05) is 42.5 Å². The van der Waals surface area contributed by atoms with Crippen molar-refractivity contribution in [2.45, 2.75) is 18.4 Å². The third-order valence-corrected chi connectivity index (χ3v) is 5.28. The summed E-state index contributed by atoms with van der Waals surface area (Å²) in [5, 5.41) is 12.3. The summed E-state index contributed by atoms with van der Waals surface area (Å²) in [6.45, 7) is 1.52. The predicted octanol–water partition coefficient (Wildman–Crippen LogP) is 1.64. The highest BCUT2D eigenvalue weighted by Gasteiger charge is 2.52. The van der Waals surface area contributed by atoms with Gasteiger partial charge in [0, 0.05) is 17.8 Å². The van der Waals surface area contributed by atoms with Gasteiger partial charge in [0.15, 0.2) is 5.78 Å². The van der Waals surface area contributed by atoms with Crippen LogP contribution in [0.3, 0.4) is 0 Å². The van der Waals surface area contributed by atoms with Crippen molar-refractivity contribution in [1.29, 1.82) is 0 Å². The summed E-state index contributed by atoms with van der Waals surface area (Å²) in [5.41, 5.74) is 3.09. The van der Waals surface area contributed by atoms with Crippen molar-refractivity contribution in [3.63, 3.8) is 0 Å². The minimum Gasteiger partial charge on any atom is -0.388 e. The second-order valence-electron chi connectivity index (χ2n) is 6.70. The second-order valence-corrected chi connectivity index (χ2v) is 6.70. The van der Waals surface area contributed by atoms with E-state index in [1.807, 2.05) is 35.2 Å². The Bertz CT molecular complexity index is 823. The van der Waals surface area contributed by atoms with Gasteiger partial charge in [0.25, 0.3) is 0 Å². The fourth-order valence-electron chi connectivity index (χ4n) is 3.93. The van der Waals surface area contributed by atoms with Gasteiger partial charge >= 0.3 is 0 Å². The molecule has 2 aliphatic rings. The van der Waals surface area contributed by atoms with E-state index in [0.29, 0.717) is 18.7 Å². The number of ketones is 1. The Morgan fingerprint density at radius 3 is 2.60 bits per heavy atom. The average Bonchev–Trinajstić information content (AvgIpc) is 3.23. The van der Waals surface area contributed by atoms with Gasteiger partial charge in [0.1, 0.15) is 6.61 Å². The van der Waals surface area contributed by atoms with E-state index in [2.05, 4.69) is 11.4 Å². The summed E-state index contributed by atoms with van der Waals surface area (Å²) in [6.07, 6.45) is 0.823. The van der Waals surface area contributed by atoms with E-state index in [4.69, 9.17) is 5.11 Å². The molecule has 2 N–H and O–H groups in total. The van der Waals surface area contributed by atoms with Crippen molar-refractivity contribution >= 4 is 17.4 Å². The smallest absolute Gasteiger partial charge is 0.239 e. The lowest BCUT2D eigenvalue weighted by Gasteiger charge is -2.23. The summed E-state index contributed by atoms with van der Waals surface area (Å²) < 4.78 is 0. The van der Waals surface area contributed by atoms with Crippen LogP contribution in [-0.4, -0.2) is 36.5 Å². The Morgan fingerprint density at radius 2 is 1.92 bits per heavy atom. The Morgan fingerprint density at radius 1 is 1.16 bits per heavy atom. The molecule has 1 unspecified atom stereocenters. The minimum atomic E-state index is -0.493. The van der Waals surface area contributed by atoms with Gasteiger partial charge in [0.2, 0.25) is 5.91 Å². The molecular formula is C20H20N2O3. The van der Waals surface area contributed by atoms with Crippen molar-refractivity contribution in [3.05, 3.63) is 65.2 Å². The summed E-state index contributed by atoms with van der Waals surface area (Å²) in [4.78, 5) is 26.6. The number of fused-ring (bicyclic) bond motifs is 2. The highest BCUT2D eigenvalue weighted by Crippen LogP contribution is 2.45. The molecule has 2 aromatic rings. The summed E-state index contributed by atoms with van der Waals surface area (Å²) in [6, 6.07) is 15.1. The second kappa shape index (κ2) is 6.10. The quantitative estimate of drug-likeness (QED) is 0.833. The molecule has 1 spiro atoms. The molecule has 2 aliphatic heterocycles. The van der Waals surface area contributed by atoms with Crippen LogP contribution in [-0.2, 0) is 16.8 Å². The number of nitrogens with one attached hydrogen (secondary N) is 1. The van der Waals surface area contributed by atoms with E-state index >= 15 is 0 Å². The Kier molecular flexibility index (Phi) is 3.90. The van der Waals surface area contributed by atoms with Crippen LogP contribution in [0.5, 0.6) is 0 Å². The van der Waals surface area contributed by atoms with Crippen molar-refractivity contribution in [2.75, 3.05) is 24.6 Å². The Balaban J connectivity index is 1.65. The van der Waals surface area contributed by atoms with Crippen molar-refractivity contribution in [2.24, 2.45) is 0 Å². The normalized spacial score (nSPS) is 21.8. The highest BCUT2D eigenvalue weighted by atomic mass is 16.3. The molecule has 4 rings (SSSR count). The third kappa shape index (κ3) is 2.47. The van der Waals surface area contributed by atoms with Crippen molar-refractivity contribution < 1.29 is 14.7 Å². The number of anilines is 1. The maximum absolute atomic E-state index is 13.2. The van der Waals surface area contributed by atoms with E-state index in [9.17, 15) is 9.59 Å². The summed E-state index contributed by atoms with van der Waals surface area (Å²) in [7, 11) is 0. The van der Waals surface area contributed by atoms with E-state index in [-0.39, 0.29) is 11.7 Å². The Labute approximate surface area is 146 Å². The van der Waals surface area contributed by atoms with Crippen molar-refractivity contribution in [1.82, 2.24) is 5.32 Å². The maximum Gasteiger partial charge on any atom is 0.239 e. The summed E-state index contributed by atoms with van der Waals surface area (Å²) >= 11 is 0. The number of benzene rings is 2. The first-order chi connectivity index (χ1) is 12.2. The van der Waals surface area contributed by atoms with E-state index < -0.39 is 12.0 Å². The zero-order valence-electron chi connectivity index (χ0n) is 13.9. The molecule has 1 fully saturated rings. The first kappa shape index (κ1) is 16.0. The van der Waals surface area contributed by atoms with Gasteiger partial charge in [-0.2, -0.15) is 0 Å². The first-order valence-electron chi connectivity index (χ1n) is 8.51. The lowest BCUT2D eigenvalue weighted by atomic mass is 9.81. The fourth-order valence-corrected chi connectivity index (χ4v) is 3.93. The maximum atomic E-state index is 13.2. The molecule has 2 aromatic carbocycles. The molecule has 2 heterocycles. The number of para-hydroxylation sites is 1. The number of carbonyl (C=O) groups is 2. The van der Waals surface area contributed by atoms with Crippen LogP contribution in [0.25, 0.3) is 0 Å². The average molecular weight is 336 g/mol. The molecule has 0 bridgehead atoms. The van der Waals surface area contributed by atoms with Gasteiger partial charge in [0.05, 0.1) is 12.0 Å². The van der Waals surface area contributed by atoms with Crippen LogP contribution in [0, 0.1) is 0 Å². The molecule has 0 radical (unpaired) electrons. The zero-order chi connectivity index (χ0) is 17.4. The van der Waals surface area contributed by atoms with Crippen molar-refractivity contribution in [3.8, 4) is 0 Å². The van der Waals surface area contributed by atoms with Gasteiger partial charge in [-0.3, -0.25) is 9.59 Å². The molecule has 128 valence electrons. The SMILES string of the molecule is O=C(CO)c1ccc(CN2C(=O)C3(CCNC3)c3ccccc32)cc1. The van der Waals surface area contributed by atoms with Crippen LogP contribution in [0.4, 0.5) is 5.69 Å². The number of Topliss-reactive ketones (excluding diaryl/α,β-unsaturated/α-hetero) is 1. The molecule has 0 aromatic heterocycles. The molecule has 1 saturated heterocycles. The zero-order valence-corrected chi connectivity index (χ0v) is 13.9. The standard InChI is InChI=1S/C20H20N2O3/c23-12-18(24)15-7-5-14(6-8-15)11-22-17-4-2-1-3-16(17)20(19(22)25)9-10-21-13-20/h1-8,21,23H,9-13H2. The number of hydrogen-bond donors (Lipinski definition) is 2. The van der Waals surface area contributed by atoms with Gasteiger partial charge < -0.3 is 15.3 Å². The number of rotatable bonds is 4. The van der Waals surface area contributed by atoms with Gasteiger partial charge in [-0.05, 0) is 30.2 Å². The van der Waals surface area contributed by atoms with Gasteiger partial charge in [-0.25, -0.2) is 0 Å². The number of aliphatic hydroxyl groups excluding tert-OH is 1. The molecular weight excluding hydrogens is 316 g/mol.